The van der Waals surface area contributed by atoms with Gasteiger partial charge in [0.1, 0.15) is 5.82 Å². The van der Waals surface area contributed by atoms with E-state index in [9.17, 15) is 9.18 Å². The van der Waals surface area contributed by atoms with Crippen molar-refractivity contribution in [1.29, 1.82) is 0 Å². The van der Waals surface area contributed by atoms with Crippen LogP contribution in [0.25, 0.3) is 10.9 Å². The SMILES string of the molecule is C=CCCC(=O)n1ccc2ccc(F)cc21. The Bertz CT molecular complexity index is 542. The van der Waals surface area contributed by atoms with Crippen molar-refractivity contribution in [2.75, 3.05) is 0 Å². The van der Waals surface area contributed by atoms with Crippen molar-refractivity contribution >= 4 is 16.8 Å². The lowest BCUT2D eigenvalue weighted by Gasteiger charge is -2.02. The zero-order valence-corrected chi connectivity index (χ0v) is 8.82. The number of halogens is 1. The third-order valence-electron chi connectivity index (χ3n) is 2.49. The maximum Gasteiger partial charge on any atom is 0.231 e. The maximum atomic E-state index is 13.1. The minimum atomic E-state index is -0.330. The molecule has 82 valence electrons. The van der Waals surface area contributed by atoms with E-state index in [1.54, 1.807) is 24.4 Å². The van der Waals surface area contributed by atoms with Crippen LogP contribution in [0.4, 0.5) is 4.39 Å². The van der Waals surface area contributed by atoms with E-state index in [0.29, 0.717) is 18.4 Å². The molecule has 2 aromatic rings. The number of carbonyl (C=O) groups is 1. The van der Waals surface area contributed by atoms with Crippen molar-refractivity contribution in [1.82, 2.24) is 4.57 Å². The Kier molecular flexibility index (Phi) is 2.86. The van der Waals surface area contributed by atoms with Gasteiger partial charge in [-0.3, -0.25) is 9.36 Å². The van der Waals surface area contributed by atoms with Gasteiger partial charge in [-0.15, -0.1) is 6.58 Å². The highest BCUT2D eigenvalue weighted by molar-refractivity contribution is 5.92. The number of aromatic nitrogens is 1. The highest BCUT2D eigenvalue weighted by atomic mass is 19.1. The summed E-state index contributed by atoms with van der Waals surface area (Å²) in [5.41, 5.74) is 0.620. The molecule has 0 atom stereocenters. The van der Waals surface area contributed by atoms with Gasteiger partial charge in [-0.1, -0.05) is 6.08 Å². The van der Waals surface area contributed by atoms with Gasteiger partial charge in [0, 0.05) is 18.0 Å². The average Bonchev–Trinajstić information content (AvgIpc) is 2.68. The van der Waals surface area contributed by atoms with Crippen molar-refractivity contribution in [3.05, 3.63) is 48.9 Å². The Morgan fingerprint density at radius 1 is 1.44 bits per heavy atom. The Labute approximate surface area is 93.0 Å². The Hall–Kier alpha value is -1.90. The van der Waals surface area contributed by atoms with Crippen LogP contribution in [0.3, 0.4) is 0 Å². The quantitative estimate of drug-likeness (QED) is 0.722. The van der Waals surface area contributed by atoms with Gasteiger partial charge in [0.25, 0.3) is 0 Å². The first-order valence-electron chi connectivity index (χ1n) is 5.13. The van der Waals surface area contributed by atoms with Gasteiger partial charge in [-0.25, -0.2) is 4.39 Å². The van der Waals surface area contributed by atoms with E-state index in [2.05, 4.69) is 6.58 Å². The van der Waals surface area contributed by atoms with E-state index in [0.717, 1.165) is 5.39 Å². The summed E-state index contributed by atoms with van der Waals surface area (Å²) >= 11 is 0. The first-order valence-corrected chi connectivity index (χ1v) is 5.13. The molecule has 0 amide bonds. The van der Waals surface area contributed by atoms with Crippen LogP contribution in [0.15, 0.2) is 43.1 Å². The van der Waals surface area contributed by atoms with Gasteiger partial charge < -0.3 is 0 Å². The number of hydrogen-bond donors (Lipinski definition) is 0. The topological polar surface area (TPSA) is 22.0 Å². The molecule has 1 aromatic heterocycles. The third kappa shape index (κ3) is 1.89. The fourth-order valence-electron chi connectivity index (χ4n) is 1.66. The van der Waals surface area contributed by atoms with Crippen LogP contribution in [0.1, 0.15) is 17.6 Å². The fourth-order valence-corrected chi connectivity index (χ4v) is 1.66. The second-order valence-corrected chi connectivity index (χ2v) is 3.61. The van der Waals surface area contributed by atoms with E-state index in [1.165, 1.54) is 16.7 Å². The number of carbonyl (C=O) groups excluding carboxylic acids is 1. The zero-order valence-electron chi connectivity index (χ0n) is 8.82. The molecule has 0 N–H and O–H groups in total. The summed E-state index contributed by atoms with van der Waals surface area (Å²) in [6, 6.07) is 6.24. The molecule has 0 saturated heterocycles. The summed E-state index contributed by atoms with van der Waals surface area (Å²) in [5, 5.41) is 0.869. The van der Waals surface area contributed by atoms with E-state index >= 15 is 0 Å². The van der Waals surface area contributed by atoms with Crippen molar-refractivity contribution in [3.63, 3.8) is 0 Å². The molecule has 0 aliphatic heterocycles. The molecule has 0 fully saturated rings. The van der Waals surface area contributed by atoms with E-state index in [1.807, 2.05) is 0 Å². The van der Waals surface area contributed by atoms with Crippen LogP contribution in [0, 0.1) is 5.82 Å². The van der Waals surface area contributed by atoms with Gasteiger partial charge in [0.05, 0.1) is 5.52 Å². The second-order valence-electron chi connectivity index (χ2n) is 3.61. The molecule has 0 aliphatic carbocycles. The van der Waals surface area contributed by atoms with E-state index < -0.39 is 0 Å². The molecule has 1 heterocycles. The summed E-state index contributed by atoms with van der Waals surface area (Å²) in [7, 11) is 0. The first kappa shape index (κ1) is 10.6. The summed E-state index contributed by atoms with van der Waals surface area (Å²) in [4.78, 5) is 11.8. The molecule has 16 heavy (non-hydrogen) atoms. The van der Waals surface area contributed by atoms with Crippen LogP contribution in [0.2, 0.25) is 0 Å². The second kappa shape index (κ2) is 4.31. The smallest absolute Gasteiger partial charge is 0.231 e. The summed E-state index contributed by atoms with van der Waals surface area (Å²) in [5.74, 6) is -0.371. The predicted molar refractivity (Wildman–Crippen MR) is 62.0 cm³/mol. The van der Waals surface area contributed by atoms with E-state index in [4.69, 9.17) is 0 Å². The third-order valence-corrected chi connectivity index (χ3v) is 2.49. The minimum Gasteiger partial charge on any atom is -0.287 e. The van der Waals surface area contributed by atoms with Crippen LogP contribution in [-0.4, -0.2) is 10.5 Å². The number of allylic oxidation sites excluding steroid dienone is 1. The van der Waals surface area contributed by atoms with Crippen molar-refractivity contribution in [2.45, 2.75) is 12.8 Å². The van der Waals surface area contributed by atoms with Gasteiger partial charge >= 0.3 is 0 Å². The van der Waals surface area contributed by atoms with Gasteiger partial charge in [0.2, 0.25) is 5.91 Å². The molecule has 3 heteroatoms. The normalized spacial score (nSPS) is 10.6. The molecular formula is C13H12FNO. The highest BCUT2D eigenvalue weighted by Gasteiger charge is 2.08. The minimum absolute atomic E-state index is 0.0412. The monoisotopic (exact) mass is 217 g/mol. The molecule has 0 spiro atoms. The molecule has 0 unspecified atom stereocenters. The van der Waals surface area contributed by atoms with Crippen molar-refractivity contribution in [2.24, 2.45) is 0 Å². The van der Waals surface area contributed by atoms with Crippen LogP contribution >= 0.6 is 0 Å². The Morgan fingerprint density at radius 2 is 2.25 bits per heavy atom. The maximum absolute atomic E-state index is 13.1. The molecule has 0 radical (unpaired) electrons. The zero-order chi connectivity index (χ0) is 11.5. The molecule has 0 saturated carbocycles. The van der Waals surface area contributed by atoms with Gasteiger partial charge in [-0.2, -0.15) is 0 Å². The Balaban J connectivity index is 2.40. The first-order chi connectivity index (χ1) is 7.72. The summed E-state index contributed by atoms with van der Waals surface area (Å²) < 4.78 is 14.6. The molecule has 0 bridgehead atoms. The average molecular weight is 217 g/mol. The Morgan fingerprint density at radius 3 is 3.00 bits per heavy atom. The molecule has 2 rings (SSSR count). The lowest BCUT2D eigenvalue weighted by molar-refractivity contribution is 0.0909. The largest absolute Gasteiger partial charge is 0.287 e. The molecular weight excluding hydrogens is 205 g/mol. The molecule has 2 nitrogen and oxygen atoms in total. The van der Waals surface area contributed by atoms with Gasteiger partial charge in [0.15, 0.2) is 0 Å². The lowest BCUT2D eigenvalue weighted by atomic mass is 10.2. The molecule has 1 aromatic carbocycles. The van der Waals surface area contributed by atoms with Crippen LogP contribution in [0.5, 0.6) is 0 Å². The number of rotatable bonds is 3. The predicted octanol–water partition coefficient (Wildman–Crippen LogP) is 3.39. The van der Waals surface area contributed by atoms with Crippen molar-refractivity contribution < 1.29 is 9.18 Å². The fraction of sp³-hybridized carbons (Fsp3) is 0.154. The standard InChI is InChI=1S/C13H12FNO/c1-2-3-4-13(16)15-8-7-10-5-6-11(14)9-12(10)15/h2,5-9H,1,3-4H2. The van der Waals surface area contributed by atoms with E-state index in [-0.39, 0.29) is 11.7 Å². The molecule has 0 aliphatic rings. The van der Waals surface area contributed by atoms with Gasteiger partial charge in [-0.05, 0) is 30.7 Å². The number of hydrogen-bond acceptors (Lipinski definition) is 1. The number of fused-ring (bicyclic) bond motifs is 1. The summed E-state index contributed by atoms with van der Waals surface area (Å²) in [6.07, 6.45) is 4.40. The highest BCUT2D eigenvalue weighted by Crippen LogP contribution is 2.17. The van der Waals surface area contributed by atoms with Crippen molar-refractivity contribution in [3.8, 4) is 0 Å². The lowest BCUT2D eigenvalue weighted by Crippen LogP contribution is -2.08. The van der Waals surface area contributed by atoms with Crippen LogP contribution < -0.4 is 0 Å². The van der Waals surface area contributed by atoms with Crippen LogP contribution in [-0.2, 0) is 0 Å². The number of nitrogens with zero attached hydrogens (tertiary/aromatic N) is 1. The number of benzene rings is 1. The summed E-state index contributed by atoms with van der Waals surface area (Å²) in [6.45, 7) is 3.57.